The molecule has 3 aromatic carbocycles. The van der Waals surface area contributed by atoms with Gasteiger partial charge in [-0.2, -0.15) is 9.57 Å². The summed E-state index contributed by atoms with van der Waals surface area (Å²) in [5.74, 6) is -0.391. The van der Waals surface area contributed by atoms with Gasteiger partial charge < -0.3 is 5.32 Å². The zero-order chi connectivity index (χ0) is 24.0. The van der Waals surface area contributed by atoms with Gasteiger partial charge >= 0.3 is 0 Å². The van der Waals surface area contributed by atoms with Crippen LogP contribution in [0.15, 0.2) is 83.8 Å². The van der Waals surface area contributed by atoms with Crippen LogP contribution < -0.4 is 5.32 Å². The summed E-state index contributed by atoms with van der Waals surface area (Å²) in [6.45, 7) is 2.90. The second-order valence-electron chi connectivity index (χ2n) is 8.18. The van der Waals surface area contributed by atoms with Gasteiger partial charge in [0.1, 0.15) is 0 Å². The van der Waals surface area contributed by atoms with E-state index in [-0.39, 0.29) is 10.5 Å². The van der Waals surface area contributed by atoms with E-state index in [0.29, 0.717) is 38.3 Å². The Morgan fingerprint density at radius 1 is 0.882 bits per heavy atom. The number of nitrogens with one attached hydrogen (secondary N) is 1. The average molecular weight is 475 g/mol. The van der Waals surface area contributed by atoms with E-state index in [1.807, 2.05) is 18.2 Å². The van der Waals surface area contributed by atoms with Crippen LogP contribution in [0, 0.1) is 11.3 Å². The summed E-state index contributed by atoms with van der Waals surface area (Å²) in [6.07, 6.45) is 0.300. The molecule has 1 fully saturated rings. The normalized spacial score (nSPS) is 14.9. The first-order chi connectivity index (χ1) is 16.5. The van der Waals surface area contributed by atoms with E-state index in [0.717, 1.165) is 12.1 Å². The van der Waals surface area contributed by atoms with Crippen molar-refractivity contribution in [3.63, 3.8) is 0 Å². The summed E-state index contributed by atoms with van der Waals surface area (Å²) in [4.78, 5) is 15.1. The van der Waals surface area contributed by atoms with E-state index in [2.05, 4.69) is 28.4 Å². The van der Waals surface area contributed by atoms with Crippen LogP contribution in [0.5, 0.6) is 0 Å². The van der Waals surface area contributed by atoms with Crippen LogP contribution in [-0.2, 0) is 23.0 Å². The Kier molecular flexibility index (Phi) is 7.38. The molecule has 0 unspecified atom stereocenters. The number of benzene rings is 3. The van der Waals surface area contributed by atoms with Crippen molar-refractivity contribution in [2.45, 2.75) is 17.9 Å². The lowest BCUT2D eigenvalue weighted by Crippen LogP contribution is -2.48. The van der Waals surface area contributed by atoms with Crippen molar-refractivity contribution >= 4 is 21.6 Å². The summed E-state index contributed by atoms with van der Waals surface area (Å²) < 4.78 is 28.0. The van der Waals surface area contributed by atoms with Crippen molar-refractivity contribution in [3.8, 4) is 6.07 Å². The highest BCUT2D eigenvalue weighted by Crippen LogP contribution is 2.20. The van der Waals surface area contributed by atoms with E-state index in [1.165, 1.54) is 22.0 Å². The second-order valence-corrected chi connectivity index (χ2v) is 10.1. The quantitative estimate of drug-likeness (QED) is 0.566. The van der Waals surface area contributed by atoms with Crippen molar-refractivity contribution in [1.29, 1.82) is 5.26 Å². The van der Waals surface area contributed by atoms with Gasteiger partial charge in [-0.3, -0.25) is 9.69 Å². The Morgan fingerprint density at radius 3 is 2.26 bits per heavy atom. The number of carbonyl (C=O) groups excluding carboxylic acids is 1. The Balaban J connectivity index is 1.40. The van der Waals surface area contributed by atoms with Gasteiger partial charge in [0.15, 0.2) is 0 Å². The van der Waals surface area contributed by atoms with Crippen LogP contribution in [0.3, 0.4) is 0 Å². The highest BCUT2D eigenvalue weighted by molar-refractivity contribution is 7.89. The number of hydrogen-bond acceptors (Lipinski definition) is 5. The van der Waals surface area contributed by atoms with Crippen LogP contribution in [0.4, 0.5) is 5.69 Å². The zero-order valence-corrected chi connectivity index (χ0v) is 19.5. The van der Waals surface area contributed by atoms with Crippen molar-refractivity contribution in [1.82, 2.24) is 9.21 Å². The minimum absolute atomic E-state index is 0.112. The predicted octanol–water partition coefficient (Wildman–Crippen LogP) is 3.51. The molecule has 0 aliphatic carbocycles. The number of amides is 1. The van der Waals surface area contributed by atoms with E-state index >= 15 is 0 Å². The first-order valence-electron chi connectivity index (χ1n) is 11.1. The Hall–Kier alpha value is -3.51. The van der Waals surface area contributed by atoms with E-state index in [4.69, 9.17) is 5.26 Å². The number of hydrogen-bond donors (Lipinski definition) is 1. The molecule has 1 saturated heterocycles. The lowest BCUT2D eigenvalue weighted by Gasteiger charge is -2.34. The molecule has 174 valence electrons. The smallest absolute Gasteiger partial charge is 0.255 e. The number of nitrogens with zero attached hydrogens (tertiary/aromatic N) is 3. The molecule has 8 heteroatoms. The molecule has 0 aromatic heterocycles. The first kappa shape index (κ1) is 23.6. The van der Waals surface area contributed by atoms with Crippen molar-refractivity contribution < 1.29 is 13.2 Å². The van der Waals surface area contributed by atoms with E-state index in [9.17, 15) is 13.2 Å². The monoisotopic (exact) mass is 474 g/mol. The molecule has 0 radical (unpaired) electrons. The molecule has 0 saturated carbocycles. The molecule has 1 heterocycles. The van der Waals surface area contributed by atoms with Crippen molar-refractivity contribution in [2.75, 3.05) is 31.5 Å². The van der Waals surface area contributed by atoms with Crippen molar-refractivity contribution in [3.05, 3.63) is 95.6 Å². The maximum atomic E-state index is 13.2. The molecule has 1 aliphatic rings. The molecule has 34 heavy (non-hydrogen) atoms. The number of rotatable bonds is 7. The molecular weight excluding hydrogens is 448 g/mol. The van der Waals surface area contributed by atoms with Gasteiger partial charge in [-0.25, -0.2) is 8.42 Å². The highest BCUT2D eigenvalue weighted by atomic mass is 32.2. The third-order valence-electron chi connectivity index (χ3n) is 5.81. The van der Waals surface area contributed by atoms with Gasteiger partial charge in [0, 0.05) is 44.0 Å². The van der Waals surface area contributed by atoms with Gasteiger partial charge in [-0.05, 0) is 41.5 Å². The number of sulfonamides is 1. The summed E-state index contributed by atoms with van der Waals surface area (Å²) in [7, 11) is -3.70. The first-order valence-corrected chi connectivity index (χ1v) is 12.5. The molecule has 1 N–H and O–H groups in total. The molecule has 7 nitrogen and oxygen atoms in total. The minimum Gasteiger partial charge on any atom is -0.322 e. The van der Waals surface area contributed by atoms with E-state index in [1.54, 1.807) is 36.4 Å². The number of carbonyl (C=O) groups is 1. The summed E-state index contributed by atoms with van der Waals surface area (Å²) >= 11 is 0. The molecule has 3 aromatic rings. The SMILES string of the molecule is N#CCc1ccc(NC(=O)c2cccc(S(=O)(=O)N3CCN(Cc4ccccc4)CC3)c2)cc1. The molecule has 1 amide bonds. The summed E-state index contributed by atoms with van der Waals surface area (Å²) in [5, 5.41) is 11.5. The number of piperazine rings is 1. The predicted molar refractivity (Wildman–Crippen MR) is 131 cm³/mol. The van der Waals surface area contributed by atoms with Crippen LogP contribution >= 0.6 is 0 Å². The fraction of sp³-hybridized carbons (Fsp3) is 0.231. The fourth-order valence-corrected chi connectivity index (χ4v) is 5.39. The molecule has 0 atom stereocenters. The third kappa shape index (κ3) is 5.69. The molecular formula is C26H26N4O3S. The van der Waals surface area contributed by atoms with Crippen LogP contribution in [-0.4, -0.2) is 49.7 Å². The minimum atomic E-state index is -3.70. The zero-order valence-electron chi connectivity index (χ0n) is 18.7. The molecule has 1 aliphatic heterocycles. The Labute approximate surface area is 200 Å². The molecule has 0 bridgehead atoms. The van der Waals surface area contributed by atoms with Crippen LogP contribution in [0.25, 0.3) is 0 Å². The van der Waals surface area contributed by atoms with Crippen LogP contribution in [0.2, 0.25) is 0 Å². The highest BCUT2D eigenvalue weighted by Gasteiger charge is 2.29. The standard InChI is InChI=1S/C26H26N4O3S/c27-14-13-21-9-11-24(12-10-21)28-26(31)23-7-4-8-25(19-23)34(32,33)30-17-15-29(16-18-30)20-22-5-2-1-3-6-22/h1-12,19H,13,15-18,20H2,(H,28,31). The molecule has 4 rings (SSSR count). The average Bonchev–Trinajstić information content (AvgIpc) is 2.86. The van der Waals surface area contributed by atoms with Gasteiger partial charge in [0.25, 0.3) is 5.91 Å². The number of nitriles is 1. The van der Waals surface area contributed by atoms with Crippen molar-refractivity contribution in [2.24, 2.45) is 0 Å². The van der Waals surface area contributed by atoms with E-state index < -0.39 is 15.9 Å². The Bertz CT molecular complexity index is 1280. The van der Waals surface area contributed by atoms with Gasteiger partial charge in [0.2, 0.25) is 10.0 Å². The van der Waals surface area contributed by atoms with Gasteiger partial charge in [0.05, 0.1) is 17.4 Å². The maximum Gasteiger partial charge on any atom is 0.255 e. The lowest BCUT2D eigenvalue weighted by atomic mass is 10.1. The largest absolute Gasteiger partial charge is 0.322 e. The third-order valence-corrected chi connectivity index (χ3v) is 7.70. The molecule has 0 spiro atoms. The van der Waals surface area contributed by atoms with Gasteiger partial charge in [-0.1, -0.05) is 48.5 Å². The Morgan fingerprint density at radius 2 is 1.59 bits per heavy atom. The second kappa shape index (κ2) is 10.6. The summed E-state index contributed by atoms with van der Waals surface area (Å²) in [6, 6.07) is 25.3. The van der Waals surface area contributed by atoms with Gasteiger partial charge in [-0.15, -0.1) is 0 Å². The lowest BCUT2D eigenvalue weighted by molar-refractivity contribution is 0.102. The fourth-order valence-electron chi connectivity index (χ4n) is 3.92. The van der Waals surface area contributed by atoms with Crippen LogP contribution in [0.1, 0.15) is 21.5 Å². The number of anilines is 1. The topological polar surface area (TPSA) is 93.5 Å². The maximum absolute atomic E-state index is 13.2. The summed E-state index contributed by atoms with van der Waals surface area (Å²) in [5.41, 5.74) is 2.91.